The molecule has 0 spiro atoms. The maximum absolute atomic E-state index is 13.2. The molecule has 1 fully saturated rings. The number of pyridine rings is 1. The first kappa shape index (κ1) is 23.3. The predicted molar refractivity (Wildman–Crippen MR) is 126 cm³/mol. The molecule has 1 aromatic carbocycles. The molecular weight excluding hydrogens is 438 g/mol. The predicted octanol–water partition coefficient (Wildman–Crippen LogP) is 1.63. The van der Waals surface area contributed by atoms with Crippen molar-refractivity contribution in [1.82, 2.24) is 15.2 Å². The SMILES string of the molecule is CCOC(=O)[C@H]1C(=O)NC(N2CCN(c3ccccn3)CC2)=N[C@@H]1c1ccc(OC)cc1OC. The van der Waals surface area contributed by atoms with E-state index in [1.54, 1.807) is 38.4 Å². The van der Waals surface area contributed by atoms with Gasteiger partial charge in [-0.05, 0) is 31.2 Å². The van der Waals surface area contributed by atoms with E-state index in [2.05, 4.69) is 15.2 Å². The summed E-state index contributed by atoms with van der Waals surface area (Å²) in [4.78, 5) is 39.3. The number of methoxy groups -OCH3 is 2. The summed E-state index contributed by atoms with van der Waals surface area (Å²) in [5.74, 6) is 0.249. The molecule has 0 saturated carbocycles. The normalized spacial score (nSPS) is 20.3. The fraction of sp³-hybridized carbons (Fsp3) is 0.417. The number of anilines is 1. The van der Waals surface area contributed by atoms with Crippen molar-refractivity contribution in [3.8, 4) is 11.5 Å². The lowest BCUT2D eigenvalue weighted by atomic mass is 9.90. The molecule has 3 heterocycles. The number of hydrogen-bond donors (Lipinski definition) is 1. The number of benzene rings is 1. The highest BCUT2D eigenvalue weighted by Crippen LogP contribution is 2.38. The molecule has 1 N–H and O–H groups in total. The van der Waals surface area contributed by atoms with E-state index in [-0.39, 0.29) is 6.61 Å². The second-order valence-corrected chi connectivity index (χ2v) is 7.89. The maximum Gasteiger partial charge on any atom is 0.321 e. The Labute approximate surface area is 198 Å². The Morgan fingerprint density at radius 3 is 2.50 bits per heavy atom. The summed E-state index contributed by atoms with van der Waals surface area (Å²) >= 11 is 0. The van der Waals surface area contributed by atoms with Crippen LogP contribution < -0.4 is 19.7 Å². The van der Waals surface area contributed by atoms with Gasteiger partial charge in [0.1, 0.15) is 23.4 Å². The third-order valence-corrected chi connectivity index (χ3v) is 5.95. The van der Waals surface area contributed by atoms with Crippen LogP contribution in [0.25, 0.3) is 0 Å². The van der Waals surface area contributed by atoms with Gasteiger partial charge in [-0.3, -0.25) is 14.9 Å². The molecule has 0 aliphatic carbocycles. The number of piperazine rings is 1. The van der Waals surface area contributed by atoms with E-state index in [1.165, 1.54) is 7.11 Å². The average molecular weight is 468 g/mol. The number of aliphatic imine (C=N–C) groups is 1. The van der Waals surface area contributed by atoms with E-state index in [0.29, 0.717) is 36.1 Å². The van der Waals surface area contributed by atoms with Crippen LogP contribution in [0.15, 0.2) is 47.6 Å². The average Bonchev–Trinajstić information content (AvgIpc) is 2.88. The van der Waals surface area contributed by atoms with Gasteiger partial charge in [-0.25, -0.2) is 9.98 Å². The fourth-order valence-electron chi connectivity index (χ4n) is 4.20. The second kappa shape index (κ2) is 10.4. The quantitative estimate of drug-likeness (QED) is 0.505. The Hall–Kier alpha value is -3.82. The molecule has 10 heteroatoms. The standard InChI is InChI=1S/C24H29N5O5/c1-4-34-23(31)20-21(17-9-8-16(32-2)15-18(17)33-3)26-24(27-22(20)30)29-13-11-28(12-14-29)19-7-5-6-10-25-19/h5-10,15,20-21H,4,11-14H2,1-3H3,(H,26,27,30)/t20-,21-/m1/s1. The third-order valence-electron chi connectivity index (χ3n) is 5.95. The van der Waals surface area contributed by atoms with Crippen LogP contribution in [0.3, 0.4) is 0 Å². The van der Waals surface area contributed by atoms with Gasteiger partial charge in [0.2, 0.25) is 11.9 Å². The number of nitrogens with zero attached hydrogens (tertiary/aromatic N) is 4. The van der Waals surface area contributed by atoms with Crippen LogP contribution >= 0.6 is 0 Å². The van der Waals surface area contributed by atoms with Crippen LogP contribution in [0.1, 0.15) is 18.5 Å². The van der Waals surface area contributed by atoms with Gasteiger partial charge in [-0.2, -0.15) is 0 Å². The number of carbonyl (C=O) groups excluding carboxylic acids is 2. The summed E-state index contributed by atoms with van der Waals surface area (Å²) in [6, 6.07) is 10.3. The summed E-state index contributed by atoms with van der Waals surface area (Å²) < 4.78 is 16.0. The molecule has 2 aromatic rings. The van der Waals surface area contributed by atoms with Gasteiger partial charge in [0.25, 0.3) is 0 Å². The maximum atomic E-state index is 13.2. The summed E-state index contributed by atoms with van der Waals surface area (Å²) in [7, 11) is 3.09. The van der Waals surface area contributed by atoms with Gasteiger partial charge >= 0.3 is 5.97 Å². The largest absolute Gasteiger partial charge is 0.497 e. The number of ether oxygens (including phenoxy) is 3. The molecule has 1 aromatic heterocycles. The van der Waals surface area contributed by atoms with Crippen LogP contribution in [0.4, 0.5) is 5.82 Å². The van der Waals surface area contributed by atoms with Crippen molar-refractivity contribution in [2.24, 2.45) is 10.9 Å². The molecule has 1 amide bonds. The van der Waals surface area contributed by atoms with E-state index >= 15 is 0 Å². The number of guanidine groups is 1. The van der Waals surface area contributed by atoms with Crippen molar-refractivity contribution in [2.75, 3.05) is 51.9 Å². The molecule has 1 saturated heterocycles. The number of nitrogens with one attached hydrogen (secondary N) is 1. The first-order valence-corrected chi connectivity index (χ1v) is 11.2. The highest BCUT2D eigenvalue weighted by Gasteiger charge is 2.43. The van der Waals surface area contributed by atoms with Crippen LogP contribution in [0, 0.1) is 5.92 Å². The lowest BCUT2D eigenvalue weighted by molar-refractivity contribution is -0.153. The van der Waals surface area contributed by atoms with Crippen molar-refractivity contribution < 1.29 is 23.8 Å². The summed E-state index contributed by atoms with van der Waals surface area (Å²) in [6.07, 6.45) is 1.77. The number of hydrogen-bond acceptors (Lipinski definition) is 9. The molecule has 2 aliphatic rings. The zero-order valence-corrected chi connectivity index (χ0v) is 19.6. The number of amides is 1. The van der Waals surface area contributed by atoms with Gasteiger partial charge in [-0.15, -0.1) is 0 Å². The molecule has 34 heavy (non-hydrogen) atoms. The van der Waals surface area contributed by atoms with E-state index in [9.17, 15) is 9.59 Å². The van der Waals surface area contributed by atoms with Crippen LogP contribution in [-0.2, 0) is 14.3 Å². The van der Waals surface area contributed by atoms with Crippen LogP contribution in [0.2, 0.25) is 0 Å². The van der Waals surface area contributed by atoms with Gasteiger partial charge in [0.15, 0.2) is 5.92 Å². The number of aromatic nitrogens is 1. The van der Waals surface area contributed by atoms with E-state index < -0.39 is 23.8 Å². The zero-order chi connectivity index (χ0) is 24.1. The number of carbonyl (C=O) groups is 2. The fourth-order valence-corrected chi connectivity index (χ4v) is 4.20. The first-order valence-electron chi connectivity index (χ1n) is 11.2. The van der Waals surface area contributed by atoms with Gasteiger partial charge in [-0.1, -0.05) is 6.07 Å². The Morgan fingerprint density at radius 1 is 1.09 bits per heavy atom. The van der Waals surface area contributed by atoms with E-state index in [1.807, 2.05) is 23.1 Å². The summed E-state index contributed by atoms with van der Waals surface area (Å²) in [5.41, 5.74) is 0.612. The Balaban J connectivity index is 1.63. The Morgan fingerprint density at radius 2 is 1.85 bits per heavy atom. The van der Waals surface area contributed by atoms with Gasteiger partial charge < -0.3 is 24.0 Å². The zero-order valence-electron chi connectivity index (χ0n) is 19.6. The van der Waals surface area contributed by atoms with Crippen LogP contribution in [0.5, 0.6) is 11.5 Å². The molecule has 4 rings (SSSR count). The van der Waals surface area contributed by atoms with Crippen molar-refractivity contribution >= 4 is 23.7 Å². The van der Waals surface area contributed by atoms with Crippen LogP contribution in [-0.4, -0.2) is 74.7 Å². The van der Waals surface area contributed by atoms with Gasteiger partial charge in [0, 0.05) is 44.0 Å². The first-order chi connectivity index (χ1) is 16.5. The van der Waals surface area contributed by atoms with Crippen molar-refractivity contribution in [1.29, 1.82) is 0 Å². The smallest absolute Gasteiger partial charge is 0.321 e. The lowest BCUT2D eigenvalue weighted by Crippen LogP contribution is -2.57. The van der Waals surface area contributed by atoms with E-state index in [0.717, 1.165) is 18.9 Å². The second-order valence-electron chi connectivity index (χ2n) is 7.89. The molecule has 0 unspecified atom stereocenters. The molecule has 2 aliphatic heterocycles. The molecule has 0 radical (unpaired) electrons. The lowest BCUT2D eigenvalue weighted by Gasteiger charge is -2.39. The summed E-state index contributed by atoms with van der Waals surface area (Å²) in [5, 5.41) is 2.83. The van der Waals surface area contributed by atoms with Crippen molar-refractivity contribution in [3.05, 3.63) is 48.2 Å². The molecule has 10 nitrogen and oxygen atoms in total. The Kier molecular flexibility index (Phi) is 7.15. The number of esters is 1. The summed E-state index contributed by atoms with van der Waals surface area (Å²) in [6.45, 7) is 4.62. The van der Waals surface area contributed by atoms with E-state index in [4.69, 9.17) is 19.2 Å². The molecule has 0 bridgehead atoms. The van der Waals surface area contributed by atoms with Crippen molar-refractivity contribution in [2.45, 2.75) is 13.0 Å². The minimum Gasteiger partial charge on any atom is -0.497 e. The van der Waals surface area contributed by atoms with Crippen molar-refractivity contribution in [3.63, 3.8) is 0 Å². The minimum absolute atomic E-state index is 0.168. The molecule has 2 atom stereocenters. The van der Waals surface area contributed by atoms with Gasteiger partial charge in [0.05, 0.1) is 20.8 Å². The number of rotatable bonds is 6. The topological polar surface area (TPSA) is 106 Å². The monoisotopic (exact) mass is 467 g/mol. The molecule has 180 valence electrons. The molecular formula is C24H29N5O5. The highest BCUT2D eigenvalue weighted by atomic mass is 16.5. The third kappa shape index (κ3) is 4.75. The highest BCUT2D eigenvalue weighted by molar-refractivity contribution is 6.08. The minimum atomic E-state index is -1.12. The Bertz CT molecular complexity index is 1050.